The van der Waals surface area contributed by atoms with Crippen LogP contribution in [0.4, 0.5) is 0 Å². The highest BCUT2D eigenvalue weighted by Crippen LogP contribution is 2.43. The van der Waals surface area contributed by atoms with Crippen LogP contribution in [0, 0.1) is 0 Å². The molecule has 1 fully saturated rings. The minimum absolute atomic E-state index is 0.0383. The van der Waals surface area contributed by atoms with Crippen molar-refractivity contribution < 1.29 is 9.53 Å². The SMILES string of the molecule is C=C(C)CC[C@]12CC(=O)C[C@H](C=C1C)O2. The molecule has 2 heteroatoms. The summed E-state index contributed by atoms with van der Waals surface area (Å²) in [5.74, 6) is 0.334. The number of carbonyl (C=O) groups is 1. The Bertz CT molecular complexity index is 340. The number of carbonyl (C=O) groups excluding carboxylic acids is 1. The number of rotatable bonds is 3. The maximum absolute atomic E-state index is 11.6. The lowest BCUT2D eigenvalue weighted by atomic mass is 9.84. The summed E-state index contributed by atoms with van der Waals surface area (Å²) in [6.07, 6.45) is 5.10. The van der Waals surface area contributed by atoms with Crippen LogP contribution in [-0.4, -0.2) is 17.5 Å². The minimum atomic E-state index is -0.293. The highest BCUT2D eigenvalue weighted by molar-refractivity contribution is 5.82. The van der Waals surface area contributed by atoms with E-state index in [2.05, 4.69) is 19.6 Å². The van der Waals surface area contributed by atoms with Crippen molar-refractivity contribution in [2.75, 3.05) is 0 Å². The van der Waals surface area contributed by atoms with Crippen molar-refractivity contribution >= 4 is 5.78 Å². The Morgan fingerprint density at radius 2 is 2.47 bits per heavy atom. The molecular formula is C13H18O2. The molecule has 1 saturated heterocycles. The lowest BCUT2D eigenvalue weighted by Gasteiger charge is -2.35. The highest BCUT2D eigenvalue weighted by atomic mass is 16.5. The zero-order valence-electron chi connectivity index (χ0n) is 9.51. The summed E-state index contributed by atoms with van der Waals surface area (Å²) in [5, 5.41) is 0. The number of fused-ring (bicyclic) bond motifs is 2. The summed E-state index contributed by atoms with van der Waals surface area (Å²) in [6, 6.07) is 0. The molecule has 0 unspecified atom stereocenters. The first-order valence-electron chi connectivity index (χ1n) is 5.55. The van der Waals surface area contributed by atoms with Crippen LogP contribution in [0.3, 0.4) is 0 Å². The van der Waals surface area contributed by atoms with Crippen molar-refractivity contribution in [1.29, 1.82) is 0 Å². The maximum atomic E-state index is 11.6. The summed E-state index contributed by atoms with van der Waals surface area (Å²) in [7, 11) is 0. The molecule has 0 radical (unpaired) electrons. The van der Waals surface area contributed by atoms with Gasteiger partial charge in [-0.15, -0.1) is 6.58 Å². The van der Waals surface area contributed by atoms with E-state index < -0.39 is 0 Å². The number of ether oxygens (including phenoxy) is 1. The fourth-order valence-corrected chi connectivity index (χ4v) is 2.50. The van der Waals surface area contributed by atoms with E-state index in [1.165, 1.54) is 5.57 Å². The summed E-state index contributed by atoms with van der Waals surface area (Å²) < 4.78 is 5.96. The molecule has 0 aromatic heterocycles. The first-order chi connectivity index (χ1) is 7.02. The standard InChI is InChI=1S/C13H18O2/c1-9(2)4-5-13-8-11(14)7-12(15-13)6-10(13)3/h6,12H,1,4-5,7-8H2,2-3H3/t12-,13-/m0/s1. The van der Waals surface area contributed by atoms with Crippen LogP contribution in [0.5, 0.6) is 0 Å². The summed E-state index contributed by atoms with van der Waals surface area (Å²) in [4.78, 5) is 11.6. The molecule has 2 aliphatic heterocycles. The average molecular weight is 206 g/mol. The second kappa shape index (κ2) is 3.60. The number of allylic oxidation sites excluding steroid dienone is 1. The minimum Gasteiger partial charge on any atom is -0.362 e. The quantitative estimate of drug-likeness (QED) is 0.664. The summed E-state index contributed by atoms with van der Waals surface area (Å²) >= 11 is 0. The topological polar surface area (TPSA) is 26.3 Å². The van der Waals surface area contributed by atoms with E-state index in [1.54, 1.807) is 0 Å². The lowest BCUT2D eigenvalue weighted by Crippen LogP contribution is -2.39. The number of hydrogen-bond donors (Lipinski definition) is 0. The Balaban J connectivity index is 2.14. The highest BCUT2D eigenvalue weighted by Gasteiger charge is 2.45. The second-order valence-electron chi connectivity index (χ2n) is 4.88. The molecule has 0 aliphatic carbocycles. The molecule has 0 aromatic carbocycles. The third-order valence-electron chi connectivity index (χ3n) is 3.40. The molecular weight excluding hydrogens is 188 g/mol. The van der Waals surface area contributed by atoms with Crippen molar-refractivity contribution in [3.63, 3.8) is 0 Å². The molecule has 2 nitrogen and oxygen atoms in total. The van der Waals surface area contributed by atoms with Gasteiger partial charge in [0, 0.05) is 12.8 Å². The van der Waals surface area contributed by atoms with E-state index >= 15 is 0 Å². The smallest absolute Gasteiger partial charge is 0.139 e. The first kappa shape index (κ1) is 10.6. The molecule has 15 heavy (non-hydrogen) atoms. The number of ketones is 1. The summed E-state index contributed by atoms with van der Waals surface area (Å²) in [5.41, 5.74) is 2.10. The zero-order chi connectivity index (χ0) is 11.1. The van der Waals surface area contributed by atoms with Gasteiger partial charge in [0.1, 0.15) is 5.78 Å². The lowest BCUT2D eigenvalue weighted by molar-refractivity contribution is -0.138. The van der Waals surface area contributed by atoms with Crippen LogP contribution in [0.1, 0.15) is 39.5 Å². The Morgan fingerprint density at radius 3 is 3.13 bits per heavy atom. The molecule has 82 valence electrons. The molecule has 2 aliphatic rings. The van der Waals surface area contributed by atoms with Crippen LogP contribution >= 0.6 is 0 Å². The molecule has 2 atom stereocenters. The average Bonchev–Trinajstić information content (AvgIpc) is 2.35. The Morgan fingerprint density at radius 1 is 1.73 bits per heavy atom. The van der Waals surface area contributed by atoms with E-state index in [9.17, 15) is 4.79 Å². The van der Waals surface area contributed by atoms with Crippen LogP contribution in [0.15, 0.2) is 23.8 Å². The molecule has 2 bridgehead atoms. The predicted molar refractivity (Wildman–Crippen MR) is 59.7 cm³/mol. The monoisotopic (exact) mass is 206 g/mol. The van der Waals surface area contributed by atoms with Crippen LogP contribution < -0.4 is 0 Å². The van der Waals surface area contributed by atoms with Gasteiger partial charge in [-0.25, -0.2) is 0 Å². The molecule has 2 heterocycles. The fourth-order valence-electron chi connectivity index (χ4n) is 2.50. The van der Waals surface area contributed by atoms with Crippen LogP contribution in [0.25, 0.3) is 0 Å². The van der Waals surface area contributed by atoms with Gasteiger partial charge in [0.05, 0.1) is 11.7 Å². The van der Waals surface area contributed by atoms with Gasteiger partial charge < -0.3 is 4.74 Å². The third-order valence-corrected chi connectivity index (χ3v) is 3.40. The molecule has 0 amide bonds. The van der Waals surface area contributed by atoms with Gasteiger partial charge in [-0.05, 0) is 32.3 Å². The van der Waals surface area contributed by atoms with Gasteiger partial charge in [0.15, 0.2) is 0 Å². The summed E-state index contributed by atoms with van der Waals surface area (Å²) in [6.45, 7) is 8.00. The molecule has 0 aromatic rings. The van der Waals surface area contributed by atoms with Crippen molar-refractivity contribution in [1.82, 2.24) is 0 Å². The van der Waals surface area contributed by atoms with Crippen LogP contribution in [0.2, 0.25) is 0 Å². The van der Waals surface area contributed by atoms with Gasteiger partial charge in [0.25, 0.3) is 0 Å². The van der Waals surface area contributed by atoms with Crippen molar-refractivity contribution in [3.05, 3.63) is 23.8 Å². The van der Waals surface area contributed by atoms with E-state index in [1.807, 2.05) is 6.92 Å². The van der Waals surface area contributed by atoms with Gasteiger partial charge in [-0.3, -0.25) is 4.79 Å². The Kier molecular flexibility index (Phi) is 2.55. The van der Waals surface area contributed by atoms with Crippen molar-refractivity contribution in [2.24, 2.45) is 0 Å². The molecule has 2 rings (SSSR count). The van der Waals surface area contributed by atoms with Gasteiger partial charge in [-0.2, -0.15) is 0 Å². The zero-order valence-corrected chi connectivity index (χ0v) is 9.51. The third kappa shape index (κ3) is 1.91. The van der Waals surface area contributed by atoms with E-state index in [-0.39, 0.29) is 11.7 Å². The maximum Gasteiger partial charge on any atom is 0.139 e. The van der Waals surface area contributed by atoms with Gasteiger partial charge in [0.2, 0.25) is 0 Å². The molecule has 0 N–H and O–H groups in total. The van der Waals surface area contributed by atoms with E-state index in [4.69, 9.17) is 4.74 Å². The number of hydrogen-bond acceptors (Lipinski definition) is 2. The Hall–Kier alpha value is -0.890. The van der Waals surface area contributed by atoms with E-state index in [0.29, 0.717) is 18.6 Å². The molecule has 0 saturated carbocycles. The van der Waals surface area contributed by atoms with Gasteiger partial charge >= 0.3 is 0 Å². The largest absolute Gasteiger partial charge is 0.362 e. The predicted octanol–water partition coefficient (Wildman–Crippen LogP) is 2.79. The fraction of sp³-hybridized carbons (Fsp3) is 0.615. The molecule has 0 spiro atoms. The van der Waals surface area contributed by atoms with Crippen molar-refractivity contribution in [2.45, 2.75) is 51.2 Å². The normalized spacial score (nSPS) is 34.1. The number of Topliss-reactive ketones (excluding diaryl/α,β-unsaturated/α-hetero) is 1. The van der Waals surface area contributed by atoms with Crippen molar-refractivity contribution in [3.8, 4) is 0 Å². The first-order valence-corrected chi connectivity index (χ1v) is 5.55. The second-order valence-corrected chi connectivity index (χ2v) is 4.88. The van der Waals surface area contributed by atoms with E-state index in [0.717, 1.165) is 18.4 Å². The van der Waals surface area contributed by atoms with Gasteiger partial charge in [-0.1, -0.05) is 11.6 Å². The Labute approximate surface area is 91.0 Å². The van der Waals surface area contributed by atoms with Crippen LogP contribution in [-0.2, 0) is 9.53 Å².